The molecule has 274 valence electrons. The van der Waals surface area contributed by atoms with Crippen LogP contribution in [0.25, 0.3) is 0 Å². The van der Waals surface area contributed by atoms with Crippen molar-refractivity contribution in [2.45, 2.75) is 231 Å². The van der Waals surface area contributed by atoms with Crippen molar-refractivity contribution in [2.75, 3.05) is 6.61 Å². The number of aliphatic hydroxyl groups excluding tert-OH is 4. The molecule has 0 aliphatic carbocycles. The fraction of sp³-hybridized carbons (Fsp3) is 0.925. The Morgan fingerprint density at radius 2 is 0.891 bits per heavy atom. The molecule has 5 N–H and O–H groups in total. The monoisotopic (exact) mass is 654 g/mol. The molecule has 0 saturated heterocycles. The van der Waals surface area contributed by atoms with Crippen LogP contribution in [0, 0.1) is 0 Å². The maximum absolute atomic E-state index is 12.4. The van der Waals surface area contributed by atoms with Gasteiger partial charge in [0.25, 0.3) is 0 Å². The summed E-state index contributed by atoms with van der Waals surface area (Å²) < 4.78 is 0. The molecule has 0 aromatic rings. The summed E-state index contributed by atoms with van der Waals surface area (Å²) in [7, 11) is 0. The lowest BCUT2D eigenvalue weighted by atomic mass is 10.00. The van der Waals surface area contributed by atoms with Crippen LogP contribution in [0.4, 0.5) is 0 Å². The average molecular weight is 654 g/mol. The summed E-state index contributed by atoms with van der Waals surface area (Å²) >= 11 is 0. The van der Waals surface area contributed by atoms with Crippen molar-refractivity contribution in [3.8, 4) is 0 Å². The van der Waals surface area contributed by atoms with Crippen molar-refractivity contribution in [2.24, 2.45) is 0 Å². The summed E-state index contributed by atoms with van der Waals surface area (Å²) in [6.07, 6.45) is 36.9. The number of hydrogen-bond donors (Lipinski definition) is 5. The largest absolute Gasteiger partial charge is 0.394 e. The fourth-order valence-electron chi connectivity index (χ4n) is 6.23. The fourth-order valence-corrected chi connectivity index (χ4v) is 6.23. The Hall–Kier alpha value is -0.950. The first-order valence-corrected chi connectivity index (χ1v) is 20.1. The molecule has 2 unspecified atom stereocenters. The van der Waals surface area contributed by atoms with Gasteiger partial charge < -0.3 is 25.7 Å². The van der Waals surface area contributed by atoms with Crippen LogP contribution in [-0.2, 0) is 4.79 Å². The topological polar surface area (TPSA) is 110 Å². The lowest BCUT2D eigenvalue weighted by Crippen LogP contribution is -2.53. The highest BCUT2D eigenvalue weighted by atomic mass is 16.3. The molecule has 0 spiro atoms. The number of carbonyl (C=O) groups is 1. The van der Waals surface area contributed by atoms with Gasteiger partial charge in [0, 0.05) is 0 Å². The minimum Gasteiger partial charge on any atom is -0.394 e. The highest BCUT2D eigenvalue weighted by Gasteiger charge is 2.28. The molecule has 0 aliphatic rings. The number of allylic oxidation sites excluding steroid dienone is 2. The van der Waals surface area contributed by atoms with E-state index in [1.807, 2.05) is 0 Å². The van der Waals surface area contributed by atoms with Crippen molar-refractivity contribution < 1.29 is 25.2 Å². The van der Waals surface area contributed by atoms with Crippen molar-refractivity contribution >= 4 is 5.91 Å². The zero-order valence-corrected chi connectivity index (χ0v) is 30.6. The van der Waals surface area contributed by atoms with E-state index in [2.05, 4.69) is 31.3 Å². The van der Waals surface area contributed by atoms with Gasteiger partial charge in [-0.3, -0.25) is 4.79 Å². The molecule has 6 nitrogen and oxygen atoms in total. The van der Waals surface area contributed by atoms with Gasteiger partial charge in [-0.2, -0.15) is 0 Å². The molecule has 1 amide bonds. The van der Waals surface area contributed by atoms with Gasteiger partial charge in [-0.05, 0) is 38.5 Å². The van der Waals surface area contributed by atoms with Crippen LogP contribution in [0.3, 0.4) is 0 Å². The molecule has 0 radical (unpaired) electrons. The summed E-state index contributed by atoms with van der Waals surface area (Å²) in [5.41, 5.74) is 0. The zero-order valence-electron chi connectivity index (χ0n) is 30.6. The average Bonchev–Trinajstić information content (AvgIpc) is 3.06. The number of amides is 1. The molecule has 0 aromatic carbocycles. The predicted octanol–water partition coefficient (Wildman–Crippen LogP) is 9.85. The van der Waals surface area contributed by atoms with Crippen LogP contribution >= 0.6 is 0 Å². The van der Waals surface area contributed by atoms with Gasteiger partial charge in [-0.15, -0.1) is 0 Å². The maximum Gasteiger partial charge on any atom is 0.249 e. The van der Waals surface area contributed by atoms with Crippen molar-refractivity contribution in [3.05, 3.63) is 12.2 Å². The minimum absolute atomic E-state index is 0.367. The molecule has 0 fully saturated rings. The van der Waals surface area contributed by atoms with Crippen molar-refractivity contribution in [1.29, 1.82) is 0 Å². The van der Waals surface area contributed by atoms with E-state index < -0.39 is 36.9 Å². The van der Waals surface area contributed by atoms with Crippen LogP contribution in [-0.4, -0.2) is 57.3 Å². The Balaban J connectivity index is 3.65. The molecule has 6 heteroatoms. The Morgan fingerprint density at radius 3 is 1.30 bits per heavy atom. The summed E-state index contributed by atoms with van der Waals surface area (Å²) in [6.45, 7) is 3.97. The Morgan fingerprint density at radius 1 is 0.522 bits per heavy atom. The SMILES string of the molecule is CCCCC/C=C/CCCC(O)[C@@H](O)C(CO)NC(=O)[C@H](O)CCCCCCCCCCCCCCCCCCCCCCCC. The zero-order chi connectivity index (χ0) is 33.9. The lowest BCUT2D eigenvalue weighted by Gasteiger charge is -2.27. The highest BCUT2D eigenvalue weighted by molar-refractivity contribution is 5.80. The third-order valence-electron chi connectivity index (χ3n) is 9.48. The number of carbonyl (C=O) groups excluding carboxylic acids is 1. The quantitative estimate of drug-likeness (QED) is 0.0342. The van der Waals surface area contributed by atoms with Crippen LogP contribution < -0.4 is 5.32 Å². The first kappa shape index (κ1) is 45.0. The van der Waals surface area contributed by atoms with E-state index in [0.29, 0.717) is 12.8 Å². The second-order valence-electron chi connectivity index (χ2n) is 14.0. The van der Waals surface area contributed by atoms with Gasteiger partial charge in [-0.25, -0.2) is 0 Å². The Labute approximate surface area is 285 Å². The smallest absolute Gasteiger partial charge is 0.249 e. The Kier molecular flexibility index (Phi) is 34.6. The normalized spacial score (nSPS) is 14.5. The van der Waals surface area contributed by atoms with Gasteiger partial charge in [0.05, 0.1) is 18.8 Å². The van der Waals surface area contributed by atoms with Crippen LogP contribution in [0.1, 0.15) is 206 Å². The van der Waals surface area contributed by atoms with Gasteiger partial charge in [0.2, 0.25) is 5.91 Å². The number of nitrogens with one attached hydrogen (secondary N) is 1. The molecular weight excluding hydrogens is 574 g/mol. The van der Waals surface area contributed by atoms with Gasteiger partial charge in [-0.1, -0.05) is 180 Å². The molecule has 4 atom stereocenters. The summed E-state index contributed by atoms with van der Waals surface area (Å²) in [4.78, 5) is 12.4. The van der Waals surface area contributed by atoms with Gasteiger partial charge in [0.1, 0.15) is 12.2 Å². The molecule has 0 heterocycles. The molecule has 0 bridgehead atoms. The second kappa shape index (κ2) is 35.4. The number of unbranched alkanes of at least 4 members (excludes halogenated alkanes) is 25. The summed E-state index contributed by atoms with van der Waals surface area (Å²) in [5, 5.41) is 43.3. The van der Waals surface area contributed by atoms with Crippen LogP contribution in [0.2, 0.25) is 0 Å². The highest BCUT2D eigenvalue weighted by Crippen LogP contribution is 2.16. The third-order valence-corrected chi connectivity index (χ3v) is 9.48. The number of rotatable bonds is 36. The molecule has 0 aliphatic heterocycles. The van der Waals surface area contributed by atoms with E-state index in [-0.39, 0.29) is 0 Å². The summed E-state index contributed by atoms with van der Waals surface area (Å²) in [5.74, 6) is -0.594. The minimum atomic E-state index is -1.27. The van der Waals surface area contributed by atoms with Gasteiger partial charge in [0.15, 0.2) is 0 Å². The van der Waals surface area contributed by atoms with Crippen molar-refractivity contribution in [1.82, 2.24) is 5.32 Å². The van der Waals surface area contributed by atoms with Crippen molar-refractivity contribution in [3.63, 3.8) is 0 Å². The molecule has 0 saturated carbocycles. The van der Waals surface area contributed by atoms with E-state index in [1.54, 1.807) is 0 Å². The second-order valence-corrected chi connectivity index (χ2v) is 14.0. The first-order chi connectivity index (χ1) is 22.5. The predicted molar refractivity (Wildman–Crippen MR) is 196 cm³/mol. The van der Waals surface area contributed by atoms with E-state index in [4.69, 9.17) is 0 Å². The molecule has 0 aromatic heterocycles. The Bertz CT molecular complexity index is 658. The van der Waals surface area contributed by atoms with Crippen LogP contribution in [0.15, 0.2) is 12.2 Å². The first-order valence-electron chi connectivity index (χ1n) is 20.1. The van der Waals surface area contributed by atoms with Crippen LogP contribution in [0.5, 0.6) is 0 Å². The van der Waals surface area contributed by atoms with E-state index in [0.717, 1.165) is 38.5 Å². The molecule has 0 rings (SSSR count). The van der Waals surface area contributed by atoms with Gasteiger partial charge >= 0.3 is 0 Å². The third kappa shape index (κ3) is 29.2. The standard InChI is InChI=1S/C40H79NO5/c1-3-5-7-9-11-13-14-15-16-17-18-19-20-21-22-23-24-25-26-28-30-32-34-38(44)40(46)41-36(35-42)39(45)37(43)33-31-29-27-12-10-8-6-4-2/h12,27,36-39,42-45H,3-11,13-26,28-35H2,1-2H3,(H,41,46)/b27-12+/t36?,37?,38-,39+/m1/s1. The number of hydrogen-bond acceptors (Lipinski definition) is 5. The molecular formula is C40H79NO5. The van der Waals surface area contributed by atoms with E-state index in [9.17, 15) is 25.2 Å². The molecule has 46 heavy (non-hydrogen) atoms. The maximum atomic E-state index is 12.4. The summed E-state index contributed by atoms with van der Waals surface area (Å²) in [6, 6.07) is -0.994. The lowest BCUT2D eigenvalue weighted by molar-refractivity contribution is -0.132. The number of aliphatic hydroxyl groups is 4. The van der Waals surface area contributed by atoms with E-state index in [1.165, 1.54) is 141 Å². The van der Waals surface area contributed by atoms with E-state index >= 15 is 0 Å².